The first kappa shape index (κ1) is 16.2. The highest BCUT2D eigenvalue weighted by Crippen LogP contribution is 2.31. The van der Waals surface area contributed by atoms with Gasteiger partial charge in [-0.3, -0.25) is 9.89 Å². The highest BCUT2D eigenvalue weighted by molar-refractivity contribution is 7.90. The van der Waals surface area contributed by atoms with E-state index in [9.17, 15) is 13.2 Å². The van der Waals surface area contributed by atoms with E-state index in [1.54, 1.807) is 0 Å². The van der Waals surface area contributed by atoms with Crippen LogP contribution in [0, 0.1) is 6.92 Å². The molecule has 0 bridgehead atoms. The van der Waals surface area contributed by atoms with E-state index in [0.29, 0.717) is 18.8 Å². The van der Waals surface area contributed by atoms with E-state index in [-0.39, 0.29) is 16.7 Å². The number of amides is 1. The smallest absolute Gasteiger partial charge is 0.263 e. The van der Waals surface area contributed by atoms with Gasteiger partial charge in [0.05, 0.1) is 16.8 Å². The Morgan fingerprint density at radius 2 is 2.26 bits per heavy atom. The van der Waals surface area contributed by atoms with Gasteiger partial charge >= 0.3 is 0 Å². The fraction of sp³-hybridized carbons (Fsp3) is 0.467. The molecule has 0 spiro atoms. The number of carbonyl (C=O) groups is 1. The van der Waals surface area contributed by atoms with Crippen LogP contribution < -0.4 is 0 Å². The lowest BCUT2D eigenvalue weighted by molar-refractivity contribution is 0.0710. The first-order chi connectivity index (χ1) is 10.9. The van der Waals surface area contributed by atoms with Crippen LogP contribution in [-0.2, 0) is 9.84 Å². The van der Waals surface area contributed by atoms with Crippen LogP contribution in [0.25, 0.3) is 0 Å². The predicted octanol–water partition coefficient (Wildman–Crippen LogP) is 2.20. The van der Waals surface area contributed by atoms with Gasteiger partial charge < -0.3 is 4.90 Å². The molecule has 124 valence electrons. The summed E-state index contributed by atoms with van der Waals surface area (Å²) in [4.78, 5) is 15.4. The number of thiophene rings is 1. The third-order valence-electron chi connectivity index (χ3n) is 4.09. The van der Waals surface area contributed by atoms with Crippen molar-refractivity contribution in [3.63, 3.8) is 0 Å². The zero-order valence-corrected chi connectivity index (χ0v) is 14.7. The Balaban J connectivity index is 1.82. The number of likely N-dealkylation sites (tertiary alicyclic amines) is 1. The standard InChI is InChI=1S/C15H19N3O3S2/c1-10-6-12(22-9-10)15(19)18-5-3-4-11(8-18)14-13(7-16-17-14)23(2,20)21/h6-7,9,11H,3-5,8H2,1-2H3,(H,16,17)/t11-/m1/s1. The summed E-state index contributed by atoms with van der Waals surface area (Å²) in [6.45, 7) is 3.18. The molecule has 6 nitrogen and oxygen atoms in total. The number of hydrogen-bond acceptors (Lipinski definition) is 5. The zero-order valence-electron chi connectivity index (χ0n) is 13.1. The molecule has 3 heterocycles. The molecule has 0 radical (unpaired) electrons. The molecule has 1 atom stereocenters. The molecule has 0 aromatic carbocycles. The number of aromatic nitrogens is 2. The maximum atomic E-state index is 12.6. The van der Waals surface area contributed by atoms with Gasteiger partial charge in [-0.25, -0.2) is 8.42 Å². The lowest BCUT2D eigenvalue weighted by atomic mass is 9.94. The molecule has 1 aliphatic rings. The fourth-order valence-corrected chi connectivity index (χ4v) is 4.69. The van der Waals surface area contributed by atoms with E-state index in [2.05, 4.69) is 10.2 Å². The monoisotopic (exact) mass is 353 g/mol. The summed E-state index contributed by atoms with van der Waals surface area (Å²) in [5.41, 5.74) is 1.70. The van der Waals surface area contributed by atoms with Crippen LogP contribution in [0.5, 0.6) is 0 Å². The van der Waals surface area contributed by atoms with Gasteiger partial charge in [-0.2, -0.15) is 5.10 Å². The Morgan fingerprint density at radius 3 is 2.91 bits per heavy atom. The van der Waals surface area contributed by atoms with Crippen molar-refractivity contribution in [1.82, 2.24) is 15.1 Å². The van der Waals surface area contributed by atoms with Crippen molar-refractivity contribution in [2.75, 3.05) is 19.3 Å². The predicted molar refractivity (Wildman–Crippen MR) is 88.6 cm³/mol. The van der Waals surface area contributed by atoms with E-state index >= 15 is 0 Å². The summed E-state index contributed by atoms with van der Waals surface area (Å²) in [5, 5.41) is 8.67. The SMILES string of the molecule is Cc1csc(C(=O)N2CCC[C@@H](c3[nH]ncc3S(C)(=O)=O)C2)c1. The number of sulfone groups is 1. The normalized spacial score (nSPS) is 19.0. The van der Waals surface area contributed by atoms with Crippen LogP contribution >= 0.6 is 11.3 Å². The molecule has 1 fully saturated rings. The molecule has 2 aromatic heterocycles. The van der Waals surface area contributed by atoms with Crippen molar-refractivity contribution in [2.24, 2.45) is 0 Å². The van der Waals surface area contributed by atoms with Gasteiger partial charge in [0.15, 0.2) is 9.84 Å². The van der Waals surface area contributed by atoms with E-state index in [4.69, 9.17) is 0 Å². The summed E-state index contributed by atoms with van der Waals surface area (Å²) in [6.07, 6.45) is 4.23. The van der Waals surface area contributed by atoms with Gasteiger partial charge in [0.1, 0.15) is 4.90 Å². The molecular weight excluding hydrogens is 334 g/mol. The van der Waals surface area contributed by atoms with E-state index in [0.717, 1.165) is 23.3 Å². The van der Waals surface area contributed by atoms with Crippen LogP contribution in [0.3, 0.4) is 0 Å². The molecule has 1 amide bonds. The van der Waals surface area contributed by atoms with E-state index in [1.807, 2.05) is 23.3 Å². The molecule has 2 aromatic rings. The van der Waals surface area contributed by atoms with Gasteiger partial charge in [-0.1, -0.05) is 0 Å². The summed E-state index contributed by atoms with van der Waals surface area (Å²) in [5.74, 6) is -0.00537. The van der Waals surface area contributed by atoms with Gasteiger partial charge in [0.2, 0.25) is 0 Å². The van der Waals surface area contributed by atoms with Gasteiger partial charge in [-0.05, 0) is 36.8 Å². The number of H-pyrrole nitrogens is 1. The molecule has 1 N–H and O–H groups in total. The fourth-order valence-electron chi connectivity index (χ4n) is 2.97. The Bertz CT molecular complexity index is 823. The maximum Gasteiger partial charge on any atom is 0.263 e. The number of nitrogens with zero attached hydrogens (tertiary/aromatic N) is 2. The first-order valence-corrected chi connectivity index (χ1v) is 10.2. The molecular formula is C15H19N3O3S2. The lowest BCUT2D eigenvalue weighted by Gasteiger charge is -2.32. The minimum atomic E-state index is -3.32. The molecule has 0 unspecified atom stereocenters. The molecule has 1 aliphatic heterocycles. The number of rotatable bonds is 3. The Hall–Kier alpha value is -1.67. The quantitative estimate of drug-likeness (QED) is 0.917. The van der Waals surface area contributed by atoms with Crippen LogP contribution in [0.4, 0.5) is 0 Å². The number of nitrogens with one attached hydrogen (secondary N) is 1. The summed E-state index contributed by atoms with van der Waals surface area (Å²) in [6, 6.07) is 1.90. The average molecular weight is 353 g/mol. The molecule has 23 heavy (non-hydrogen) atoms. The van der Waals surface area contributed by atoms with Gasteiger partial charge in [0, 0.05) is 25.3 Å². The number of carbonyl (C=O) groups excluding carboxylic acids is 1. The van der Waals surface area contributed by atoms with Crippen LogP contribution in [0.2, 0.25) is 0 Å². The third-order valence-corrected chi connectivity index (χ3v) is 6.25. The number of aromatic amines is 1. The molecule has 3 rings (SSSR count). The van der Waals surface area contributed by atoms with Gasteiger partial charge in [-0.15, -0.1) is 11.3 Å². The van der Waals surface area contributed by atoms with Crippen molar-refractivity contribution in [3.8, 4) is 0 Å². The van der Waals surface area contributed by atoms with Crippen molar-refractivity contribution in [1.29, 1.82) is 0 Å². The lowest BCUT2D eigenvalue weighted by Crippen LogP contribution is -2.39. The molecule has 8 heteroatoms. The number of piperidine rings is 1. The summed E-state index contributed by atoms with van der Waals surface area (Å²) >= 11 is 1.45. The minimum absolute atomic E-state index is 0.0215. The van der Waals surface area contributed by atoms with Crippen molar-refractivity contribution < 1.29 is 13.2 Å². The second-order valence-electron chi connectivity index (χ2n) is 6.00. The van der Waals surface area contributed by atoms with E-state index in [1.165, 1.54) is 23.8 Å². The van der Waals surface area contributed by atoms with Crippen molar-refractivity contribution in [2.45, 2.75) is 30.6 Å². The summed E-state index contributed by atoms with van der Waals surface area (Å²) in [7, 11) is -3.32. The third kappa shape index (κ3) is 3.32. The Morgan fingerprint density at radius 1 is 1.48 bits per heavy atom. The van der Waals surface area contributed by atoms with Gasteiger partial charge in [0.25, 0.3) is 5.91 Å². The highest BCUT2D eigenvalue weighted by Gasteiger charge is 2.30. The van der Waals surface area contributed by atoms with Crippen LogP contribution in [0.1, 0.15) is 39.7 Å². The molecule has 1 saturated heterocycles. The van der Waals surface area contributed by atoms with Crippen molar-refractivity contribution >= 4 is 27.1 Å². The van der Waals surface area contributed by atoms with Crippen LogP contribution in [0.15, 0.2) is 22.5 Å². The highest BCUT2D eigenvalue weighted by atomic mass is 32.2. The Labute approximate surface area is 139 Å². The number of aryl methyl sites for hydroxylation is 1. The van der Waals surface area contributed by atoms with E-state index < -0.39 is 9.84 Å². The second-order valence-corrected chi connectivity index (χ2v) is 8.89. The minimum Gasteiger partial charge on any atom is -0.337 e. The topological polar surface area (TPSA) is 83.1 Å². The second kappa shape index (κ2) is 6.09. The first-order valence-electron chi connectivity index (χ1n) is 7.44. The molecule has 0 aliphatic carbocycles. The molecule has 0 saturated carbocycles. The summed E-state index contributed by atoms with van der Waals surface area (Å²) < 4.78 is 23.7. The van der Waals surface area contributed by atoms with Crippen LogP contribution in [-0.4, -0.2) is 48.8 Å². The Kier molecular flexibility index (Phi) is 4.29. The average Bonchev–Trinajstić information content (AvgIpc) is 3.15. The van der Waals surface area contributed by atoms with Crippen molar-refractivity contribution in [3.05, 3.63) is 33.8 Å². The zero-order chi connectivity index (χ0) is 16.6. The largest absolute Gasteiger partial charge is 0.337 e. The maximum absolute atomic E-state index is 12.6. The number of hydrogen-bond donors (Lipinski definition) is 1.